The Hall–Kier alpha value is -2.79. The maximum atomic E-state index is 11.2. The number of benzene rings is 2. The molecule has 0 aromatic heterocycles. The summed E-state index contributed by atoms with van der Waals surface area (Å²) in [5, 5.41) is 0. The van der Waals surface area contributed by atoms with Crippen LogP contribution in [0.1, 0.15) is 80.9 Å². The van der Waals surface area contributed by atoms with Crippen LogP contribution in [0.5, 0.6) is 5.75 Å². The number of unbranched alkanes of at least 4 members (excludes halogenated alkanes) is 2. The van der Waals surface area contributed by atoms with Crippen molar-refractivity contribution in [3.8, 4) is 17.6 Å². The smallest absolute Gasteiger partial charge is 0.335 e. The molecule has 2 aromatic carbocycles. The molecule has 0 aliphatic heterocycles. The van der Waals surface area contributed by atoms with E-state index >= 15 is 0 Å². The van der Waals surface area contributed by atoms with E-state index in [0.717, 1.165) is 23.1 Å². The van der Waals surface area contributed by atoms with Crippen LogP contribution in [-0.2, 0) is 4.79 Å². The molecular formula is C28H32O2. The summed E-state index contributed by atoms with van der Waals surface area (Å²) in [5.74, 6) is 8.09. The van der Waals surface area contributed by atoms with Crippen LogP contribution < -0.4 is 4.74 Å². The summed E-state index contributed by atoms with van der Waals surface area (Å²) in [6.07, 6.45) is 12.1. The molecule has 1 aliphatic carbocycles. The first-order valence-corrected chi connectivity index (χ1v) is 11.2. The van der Waals surface area contributed by atoms with Crippen molar-refractivity contribution < 1.29 is 9.53 Å². The zero-order chi connectivity index (χ0) is 21.2. The van der Waals surface area contributed by atoms with Gasteiger partial charge in [-0.15, -0.1) is 0 Å². The van der Waals surface area contributed by atoms with E-state index in [9.17, 15) is 4.79 Å². The topological polar surface area (TPSA) is 26.3 Å². The zero-order valence-electron chi connectivity index (χ0n) is 18.0. The molecule has 1 fully saturated rings. The number of carbonyl (C=O) groups is 1. The van der Waals surface area contributed by atoms with Gasteiger partial charge in [0, 0.05) is 17.2 Å². The number of hydrogen-bond acceptors (Lipinski definition) is 2. The van der Waals surface area contributed by atoms with Gasteiger partial charge in [-0.25, -0.2) is 4.79 Å². The van der Waals surface area contributed by atoms with Crippen molar-refractivity contribution in [3.05, 3.63) is 77.9 Å². The van der Waals surface area contributed by atoms with Gasteiger partial charge in [0.05, 0.1) is 0 Å². The van der Waals surface area contributed by atoms with Gasteiger partial charge in [0.1, 0.15) is 5.75 Å². The molecule has 0 N–H and O–H groups in total. The third-order valence-electron chi connectivity index (χ3n) is 6.04. The van der Waals surface area contributed by atoms with Crippen LogP contribution in [0.2, 0.25) is 0 Å². The molecule has 0 spiro atoms. The number of ether oxygens (including phenoxy) is 1. The summed E-state index contributed by atoms with van der Waals surface area (Å²) < 4.78 is 5.08. The van der Waals surface area contributed by atoms with E-state index in [0.29, 0.717) is 11.7 Å². The third-order valence-corrected chi connectivity index (χ3v) is 6.04. The Morgan fingerprint density at radius 1 is 0.967 bits per heavy atom. The Balaban J connectivity index is 1.52. The Morgan fingerprint density at radius 2 is 1.57 bits per heavy atom. The minimum Gasteiger partial charge on any atom is -0.423 e. The first kappa shape index (κ1) is 21.9. The van der Waals surface area contributed by atoms with Crippen LogP contribution in [0.25, 0.3) is 0 Å². The first-order chi connectivity index (χ1) is 14.7. The van der Waals surface area contributed by atoms with Crippen molar-refractivity contribution in [2.75, 3.05) is 0 Å². The van der Waals surface area contributed by atoms with E-state index in [-0.39, 0.29) is 0 Å². The fourth-order valence-corrected chi connectivity index (χ4v) is 4.21. The van der Waals surface area contributed by atoms with E-state index < -0.39 is 5.97 Å². The Morgan fingerprint density at radius 3 is 2.13 bits per heavy atom. The van der Waals surface area contributed by atoms with Crippen LogP contribution in [0.3, 0.4) is 0 Å². The minimum atomic E-state index is -0.459. The lowest BCUT2D eigenvalue weighted by molar-refractivity contribution is -0.128. The van der Waals surface area contributed by atoms with E-state index in [1.54, 1.807) is 12.1 Å². The van der Waals surface area contributed by atoms with Gasteiger partial charge in [-0.2, -0.15) is 0 Å². The highest BCUT2D eigenvalue weighted by molar-refractivity contribution is 5.83. The van der Waals surface area contributed by atoms with Gasteiger partial charge in [-0.05, 0) is 79.5 Å². The molecule has 1 saturated carbocycles. The third kappa shape index (κ3) is 6.63. The van der Waals surface area contributed by atoms with Crippen molar-refractivity contribution in [3.63, 3.8) is 0 Å². The standard InChI is InChI=1S/C28H32O2/c1-3-5-6-7-22-10-16-25(17-11-22)26-18-12-23(13-19-26)8-9-24-14-20-27(21-15-24)30-28(29)4-2/h4,12-15,18-22,25H,2-3,5-7,10-11,16-17H2,1H3. The first-order valence-electron chi connectivity index (χ1n) is 11.2. The fourth-order valence-electron chi connectivity index (χ4n) is 4.21. The van der Waals surface area contributed by atoms with Gasteiger partial charge in [-0.3, -0.25) is 0 Å². The minimum absolute atomic E-state index is 0.459. The van der Waals surface area contributed by atoms with Gasteiger partial charge >= 0.3 is 5.97 Å². The van der Waals surface area contributed by atoms with E-state index in [1.807, 2.05) is 12.1 Å². The molecule has 0 saturated heterocycles. The molecule has 0 heterocycles. The molecule has 30 heavy (non-hydrogen) atoms. The maximum Gasteiger partial charge on any atom is 0.335 e. The molecule has 0 bridgehead atoms. The van der Waals surface area contributed by atoms with Crippen LogP contribution in [-0.4, -0.2) is 5.97 Å². The van der Waals surface area contributed by atoms with Crippen LogP contribution in [0.15, 0.2) is 61.2 Å². The predicted molar refractivity (Wildman–Crippen MR) is 124 cm³/mol. The molecule has 2 nitrogen and oxygen atoms in total. The zero-order valence-corrected chi connectivity index (χ0v) is 18.0. The normalized spacial score (nSPS) is 18.2. The summed E-state index contributed by atoms with van der Waals surface area (Å²) in [7, 11) is 0. The molecule has 1 aliphatic rings. The van der Waals surface area contributed by atoms with Gasteiger partial charge < -0.3 is 4.74 Å². The number of hydrogen-bond donors (Lipinski definition) is 0. The molecule has 3 rings (SSSR count). The lowest BCUT2D eigenvalue weighted by atomic mass is 9.77. The summed E-state index contributed by atoms with van der Waals surface area (Å²) >= 11 is 0. The highest BCUT2D eigenvalue weighted by Crippen LogP contribution is 2.37. The molecule has 2 aromatic rings. The number of rotatable bonds is 7. The van der Waals surface area contributed by atoms with E-state index in [4.69, 9.17) is 4.74 Å². The lowest BCUT2D eigenvalue weighted by Gasteiger charge is -2.29. The quantitative estimate of drug-likeness (QED) is 0.164. The maximum absolute atomic E-state index is 11.2. The largest absolute Gasteiger partial charge is 0.423 e. The summed E-state index contributed by atoms with van der Waals surface area (Å²) in [6.45, 7) is 5.68. The molecular weight excluding hydrogens is 368 g/mol. The summed E-state index contributed by atoms with van der Waals surface area (Å²) in [5.41, 5.74) is 3.37. The highest BCUT2D eigenvalue weighted by Gasteiger charge is 2.21. The van der Waals surface area contributed by atoms with Crippen molar-refractivity contribution >= 4 is 5.97 Å². The number of esters is 1. The molecule has 0 amide bonds. The molecule has 156 valence electrons. The Labute approximate surface area is 181 Å². The monoisotopic (exact) mass is 400 g/mol. The second-order valence-electron chi connectivity index (χ2n) is 8.24. The van der Waals surface area contributed by atoms with Crippen LogP contribution in [0.4, 0.5) is 0 Å². The Bertz CT molecular complexity index is 873. The molecule has 0 radical (unpaired) electrons. The summed E-state index contributed by atoms with van der Waals surface area (Å²) in [6, 6.07) is 16.0. The van der Waals surface area contributed by atoms with Gasteiger partial charge in [0.25, 0.3) is 0 Å². The average molecular weight is 401 g/mol. The predicted octanol–water partition coefficient (Wildman–Crippen LogP) is 7.03. The molecule has 0 atom stereocenters. The van der Waals surface area contributed by atoms with Crippen LogP contribution in [0, 0.1) is 17.8 Å². The highest BCUT2D eigenvalue weighted by atomic mass is 16.5. The van der Waals surface area contributed by atoms with Crippen LogP contribution >= 0.6 is 0 Å². The van der Waals surface area contributed by atoms with Crippen molar-refractivity contribution in [2.24, 2.45) is 5.92 Å². The Kier molecular flexibility index (Phi) is 8.33. The second kappa shape index (κ2) is 11.4. The SMILES string of the molecule is C=CC(=O)Oc1ccc(C#Cc2ccc(C3CCC(CCCCC)CC3)cc2)cc1. The van der Waals surface area contributed by atoms with E-state index in [2.05, 4.69) is 49.6 Å². The molecule has 0 unspecified atom stereocenters. The summed E-state index contributed by atoms with van der Waals surface area (Å²) in [4.78, 5) is 11.2. The second-order valence-corrected chi connectivity index (χ2v) is 8.24. The van der Waals surface area contributed by atoms with E-state index in [1.165, 1.54) is 56.9 Å². The van der Waals surface area contributed by atoms with Gasteiger partial charge in [-0.1, -0.05) is 63.2 Å². The van der Waals surface area contributed by atoms with Gasteiger partial charge in [0.15, 0.2) is 0 Å². The van der Waals surface area contributed by atoms with Crippen molar-refractivity contribution in [1.82, 2.24) is 0 Å². The fraction of sp³-hybridized carbons (Fsp3) is 0.393. The van der Waals surface area contributed by atoms with Crippen molar-refractivity contribution in [1.29, 1.82) is 0 Å². The molecule has 2 heteroatoms. The van der Waals surface area contributed by atoms with Gasteiger partial charge in [0.2, 0.25) is 0 Å². The number of carbonyl (C=O) groups excluding carboxylic acids is 1. The lowest BCUT2D eigenvalue weighted by Crippen LogP contribution is -2.13. The van der Waals surface area contributed by atoms with Crippen molar-refractivity contribution in [2.45, 2.75) is 64.2 Å². The average Bonchev–Trinajstić information content (AvgIpc) is 2.79.